The van der Waals surface area contributed by atoms with Gasteiger partial charge in [-0.3, -0.25) is 14.6 Å². The van der Waals surface area contributed by atoms with Gasteiger partial charge in [0.05, 0.1) is 6.54 Å². The van der Waals surface area contributed by atoms with Crippen LogP contribution >= 0.6 is 0 Å². The molecule has 0 unspecified atom stereocenters. The van der Waals surface area contributed by atoms with Gasteiger partial charge >= 0.3 is 6.09 Å². The number of carbonyl (C=O) groups is 2. The van der Waals surface area contributed by atoms with Gasteiger partial charge in [0, 0.05) is 32.7 Å². The maximum Gasteiger partial charge on any atom is 0.410 e. The Balaban J connectivity index is 1.26. The SMILES string of the molecule is O=C(CN1CCOC1=O)N1CCN(Cc2ccc3c(c2)OCO3)CC1. The molecule has 2 saturated heterocycles. The third kappa shape index (κ3) is 3.48. The molecule has 0 aromatic heterocycles. The van der Waals surface area contributed by atoms with Crippen molar-refractivity contribution >= 4 is 12.0 Å². The maximum atomic E-state index is 12.3. The molecule has 0 atom stereocenters. The highest BCUT2D eigenvalue weighted by atomic mass is 16.7. The summed E-state index contributed by atoms with van der Waals surface area (Å²) in [6, 6.07) is 6.00. The third-order valence-electron chi connectivity index (χ3n) is 4.74. The van der Waals surface area contributed by atoms with E-state index in [0.717, 1.165) is 31.1 Å². The van der Waals surface area contributed by atoms with Crippen LogP contribution in [0, 0.1) is 0 Å². The summed E-state index contributed by atoms with van der Waals surface area (Å²) in [6.07, 6.45) is -0.394. The molecule has 3 aliphatic rings. The first kappa shape index (κ1) is 16.0. The smallest absolute Gasteiger partial charge is 0.410 e. The lowest BCUT2D eigenvalue weighted by Gasteiger charge is -2.35. The summed E-state index contributed by atoms with van der Waals surface area (Å²) in [5.74, 6) is 1.57. The molecule has 2 amide bonds. The summed E-state index contributed by atoms with van der Waals surface area (Å²) < 4.78 is 15.6. The molecule has 25 heavy (non-hydrogen) atoms. The van der Waals surface area contributed by atoms with Crippen molar-refractivity contribution in [2.45, 2.75) is 6.54 Å². The van der Waals surface area contributed by atoms with E-state index < -0.39 is 6.09 Å². The fraction of sp³-hybridized carbons (Fsp3) is 0.529. The number of ether oxygens (including phenoxy) is 3. The monoisotopic (exact) mass is 347 g/mol. The number of fused-ring (bicyclic) bond motifs is 1. The van der Waals surface area contributed by atoms with Gasteiger partial charge in [-0.2, -0.15) is 0 Å². The summed E-state index contributed by atoms with van der Waals surface area (Å²) in [7, 11) is 0. The Hall–Kier alpha value is -2.48. The standard InChI is InChI=1S/C17H21N3O5/c21-16(11-20-7-8-23-17(20)22)19-5-3-18(4-6-19)10-13-1-2-14-15(9-13)25-12-24-14/h1-2,9H,3-8,10-12H2. The minimum absolute atomic E-state index is 0.0124. The summed E-state index contributed by atoms with van der Waals surface area (Å²) in [5.41, 5.74) is 1.17. The Bertz CT molecular complexity index is 672. The Kier molecular flexibility index (Phi) is 4.35. The number of hydrogen-bond acceptors (Lipinski definition) is 6. The lowest BCUT2D eigenvalue weighted by molar-refractivity contribution is -0.133. The van der Waals surface area contributed by atoms with Gasteiger partial charge in [-0.25, -0.2) is 4.79 Å². The molecule has 0 radical (unpaired) electrons. The second-order valence-corrected chi connectivity index (χ2v) is 6.38. The number of nitrogens with zero attached hydrogens (tertiary/aromatic N) is 3. The van der Waals surface area contributed by atoms with Crippen LogP contribution < -0.4 is 9.47 Å². The van der Waals surface area contributed by atoms with Gasteiger partial charge < -0.3 is 19.1 Å². The van der Waals surface area contributed by atoms with Crippen molar-refractivity contribution in [2.75, 3.05) is 52.7 Å². The van der Waals surface area contributed by atoms with Crippen molar-refractivity contribution in [3.63, 3.8) is 0 Å². The van der Waals surface area contributed by atoms with Crippen molar-refractivity contribution in [3.8, 4) is 11.5 Å². The molecular formula is C17H21N3O5. The second-order valence-electron chi connectivity index (χ2n) is 6.38. The molecular weight excluding hydrogens is 326 g/mol. The molecule has 0 N–H and O–H groups in total. The zero-order valence-electron chi connectivity index (χ0n) is 14.0. The van der Waals surface area contributed by atoms with E-state index in [1.807, 2.05) is 23.1 Å². The second kappa shape index (κ2) is 6.79. The molecule has 134 valence electrons. The average molecular weight is 347 g/mol. The summed E-state index contributed by atoms with van der Waals surface area (Å²) in [5, 5.41) is 0. The molecule has 3 heterocycles. The van der Waals surface area contributed by atoms with E-state index in [1.165, 1.54) is 10.5 Å². The fourth-order valence-electron chi connectivity index (χ4n) is 3.29. The largest absolute Gasteiger partial charge is 0.454 e. The highest BCUT2D eigenvalue weighted by molar-refractivity contribution is 5.83. The van der Waals surface area contributed by atoms with Crippen molar-refractivity contribution in [3.05, 3.63) is 23.8 Å². The van der Waals surface area contributed by atoms with Gasteiger partial charge in [0.25, 0.3) is 0 Å². The van der Waals surface area contributed by atoms with E-state index >= 15 is 0 Å². The molecule has 1 aromatic carbocycles. The van der Waals surface area contributed by atoms with E-state index in [9.17, 15) is 9.59 Å². The minimum atomic E-state index is -0.394. The Morgan fingerprint density at radius 1 is 1.00 bits per heavy atom. The van der Waals surface area contributed by atoms with Crippen LogP contribution in [-0.2, 0) is 16.1 Å². The Morgan fingerprint density at radius 2 is 1.80 bits per heavy atom. The van der Waals surface area contributed by atoms with E-state index in [-0.39, 0.29) is 19.2 Å². The number of cyclic esters (lactones) is 1. The van der Waals surface area contributed by atoms with Crippen molar-refractivity contribution in [1.29, 1.82) is 0 Å². The number of hydrogen-bond donors (Lipinski definition) is 0. The van der Waals surface area contributed by atoms with Crippen molar-refractivity contribution < 1.29 is 23.8 Å². The number of rotatable bonds is 4. The molecule has 0 aliphatic carbocycles. The van der Waals surface area contributed by atoms with Crippen molar-refractivity contribution in [1.82, 2.24) is 14.7 Å². The van der Waals surface area contributed by atoms with Crippen LogP contribution in [0.25, 0.3) is 0 Å². The van der Waals surface area contributed by atoms with Crippen LogP contribution in [0.3, 0.4) is 0 Å². The predicted octanol–water partition coefficient (Wildman–Crippen LogP) is 0.512. The maximum absolute atomic E-state index is 12.3. The van der Waals surface area contributed by atoms with Crippen LogP contribution in [0.1, 0.15) is 5.56 Å². The Labute approximate surface area is 145 Å². The number of carbonyl (C=O) groups excluding carboxylic acids is 2. The highest BCUT2D eigenvalue weighted by Gasteiger charge is 2.28. The van der Waals surface area contributed by atoms with E-state index in [4.69, 9.17) is 14.2 Å². The highest BCUT2D eigenvalue weighted by Crippen LogP contribution is 2.32. The summed E-state index contributed by atoms with van der Waals surface area (Å²) >= 11 is 0. The van der Waals surface area contributed by atoms with Crippen LogP contribution in [0.2, 0.25) is 0 Å². The molecule has 3 aliphatic heterocycles. The average Bonchev–Trinajstić information content (AvgIpc) is 3.24. The first-order valence-corrected chi connectivity index (χ1v) is 8.49. The normalized spacial score (nSPS) is 20.1. The van der Waals surface area contributed by atoms with Gasteiger partial charge in [0.1, 0.15) is 13.2 Å². The quantitative estimate of drug-likeness (QED) is 0.790. The molecule has 0 spiro atoms. The molecule has 8 nitrogen and oxygen atoms in total. The topological polar surface area (TPSA) is 71.6 Å². The predicted molar refractivity (Wildman–Crippen MR) is 87.3 cm³/mol. The van der Waals surface area contributed by atoms with Crippen LogP contribution in [-0.4, -0.2) is 79.4 Å². The first-order valence-electron chi connectivity index (χ1n) is 8.49. The third-order valence-corrected chi connectivity index (χ3v) is 4.74. The first-order chi connectivity index (χ1) is 12.2. The van der Waals surface area contributed by atoms with Gasteiger partial charge in [-0.15, -0.1) is 0 Å². The lowest BCUT2D eigenvalue weighted by atomic mass is 10.1. The zero-order valence-corrected chi connectivity index (χ0v) is 14.0. The van der Waals surface area contributed by atoms with Gasteiger partial charge in [-0.05, 0) is 17.7 Å². The van der Waals surface area contributed by atoms with E-state index in [1.54, 1.807) is 0 Å². The lowest BCUT2D eigenvalue weighted by Crippen LogP contribution is -2.51. The molecule has 8 heteroatoms. The van der Waals surface area contributed by atoms with Crippen LogP contribution in [0.5, 0.6) is 11.5 Å². The van der Waals surface area contributed by atoms with E-state index in [0.29, 0.717) is 26.2 Å². The Morgan fingerprint density at radius 3 is 2.56 bits per heavy atom. The molecule has 2 fully saturated rings. The van der Waals surface area contributed by atoms with Crippen molar-refractivity contribution in [2.24, 2.45) is 0 Å². The van der Waals surface area contributed by atoms with Gasteiger partial charge in [-0.1, -0.05) is 6.07 Å². The van der Waals surface area contributed by atoms with Crippen LogP contribution in [0.15, 0.2) is 18.2 Å². The summed E-state index contributed by atoms with van der Waals surface area (Å²) in [6.45, 7) is 5.04. The zero-order chi connectivity index (χ0) is 17.2. The van der Waals surface area contributed by atoms with Gasteiger partial charge in [0.2, 0.25) is 12.7 Å². The fourth-order valence-corrected chi connectivity index (χ4v) is 3.29. The summed E-state index contributed by atoms with van der Waals surface area (Å²) in [4.78, 5) is 29.3. The van der Waals surface area contributed by atoms with E-state index in [2.05, 4.69) is 4.90 Å². The number of benzene rings is 1. The molecule has 1 aromatic rings. The molecule has 0 saturated carbocycles. The molecule has 4 rings (SSSR count). The van der Waals surface area contributed by atoms with Crippen LogP contribution in [0.4, 0.5) is 4.79 Å². The number of amides is 2. The number of piperazine rings is 1. The molecule has 0 bridgehead atoms. The minimum Gasteiger partial charge on any atom is -0.454 e. The van der Waals surface area contributed by atoms with Gasteiger partial charge in [0.15, 0.2) is 11.5 Å².